The average Bonchev–Trinajstić information content (AvgIpc) is 3.13. The molecule has 2 aromatic carbocycles. The van der Waals surface area contributed by atoms with Crippen molar-refractivity contribution in [1.29, 1.82) is 0 Å². The predicted molar refractivity (Wildman–Crippen MR) is 111 cm³/mol. The number of amides is 1. The first kappa shape index (κ1) is 18.1. The van der Waals surface area contributed by atoms with E-state index in [-0.39, 0.29) is 5.91 Å². The van der Waals surface area contributed by atoms with Crippen molar-refractivity contribution in [3.63, 3.8) is 0 Å². The van der Waals surface area contributed by atoms with E-state index in [0.29, 0.717) is 23.0 Å². The Morgan fingerprint density at radius 1 is 1.11 bits per heavy atom. The number of aromatic nitrogens is 1. The maximum atomic E-state index is 12.2. The van der Waals surface area contributed by atoms with Crippen LogP contribution in [0.15, 0.2) is 54.7 Å². The molecular formula is C22H24ClN3O. The highest BCUT2D eigenvalue weighted by molar-refractivity contribution is 6.33. The SMILES string of the molecule is O=C(CCN1CCC(c2c[nH]c3ccccc23)CC1)Nc1ccccc1Cl. The monoisotopic (exact) mass is 381 g/mol. The zero-order valence-electron chi connectivity index (χ0n) is 15.2. The fourth-order valence-electron chi connectivity index (χ4n) is 3.93. The largest absolute Gasteiger partial charge is 0.361 e. The summed E-state index contributed by atoms with van der Waals surface area (Å²) < 4.78 is 0. The summed E-state index contributed by atoms with van der Waals surface area (Å²) in [6.45, 7) is 2.85. The van der Waals surface area contributed by atoms with E-state index in [0.717, 1.165) is 32.5 Å². The predicted octanol–water partition coefficient (Wildman–Crippen LogP) is 5.03. The Hall–Kier alpha value is -2.30. The number of anilines is 1. The summed E-state index contributed by atoms with van der Waals surface area (Å²) in [6.07, 6.45) is 4.92. The van der Waals surface area contributed by atoms with E-state index in [1.54, 1.807) is 6.07 Å². The molecule has 27 heavy (non-hydrogen) atoms. The van der Waals surface area contributed by atoms with Crippen LogP contribution in [-0.4, -0.2) is 35.4 Å². The highest BCUT2D eigenvalue weighted by atomic mass is 35.5. The van der Waals surface area contributed by atoms with Crippen LogP contribution in [0.25, 0.3) is 10.9 Å². The van der Waals surface area contributed by atoms with Gasteiger partial charge in [0, 0.05) is 30.1 Å². The maximum absolute atomic E-state index is 12.2. The molecule has 2 heterocycles. The van der Waals surface area contributed by atoms with Crippen LogP contribution in [0.1, 0.15) is 30.7 Å². The molecule has 2 N–H and O–H groups in total. The number of H-pyrrole nitrogens is 1. The van der Waals surface area contributed by atoms with E-state index in [9.17, 15) is 4.79 Å². The van der Waals surface area contributed by atoms with Crippen LogP contribution in [-0.2, 0) is 4.79 Å². The van der Waals surface area contributed by atoms with E-state index in [2.05, 4.69) is 45.7 Å². The van der Waals surface area contributed by atoms with E-state index >= 15 is 0 Å². The van der Waals surface area contributed by atoms with Crippen molar-refractivity contribution in [3.05, 3.63) is 65.3 Å². The van der Waals surface area contributed by atoms with Crippen molar-refractivity contribution >= 4 is 34.1 Å². The molecule has 3 aromatic rings. The number of hydrogen-bond donors (Lipinski definition) is 2. The highest BCUT2D eigenvalue weighted by Crippen LogP contribution is 2.33. The number of halogens is 1. The van der Waals surface area contributed by atoms with E-state index in [4.69, 9.17) is 11.6 Å². The normalized spacial score (nSPS) is 15.9. The summed E-state index contributed by atoms with van der Waals surface area (Å²) in [6, 6.07) is 15.8. The topological polar surface area (TPSA) is 48.1 Å². The van der Waals surface area contributed by atoms with Crippen LogP contribution >= 0.6 is 11.6 Å². The molecule has 0 atom stereocenters. The summed E-state index contributed by atoms with van der Waals surface area (Å²) in [5.74, 6) is 0.608. The molecule has 140 valence electrons. The molecule has 0 saturated carbocycles. The van der Waals surface area contributed by atoms with Gasteiger partial charge in [0.25, 0.3) is 0 Å². The van der Waals surface area contributed by atoms with E-state index in [1.165, 1.54) is 16.5 Å². The second-order valence-corrected chi connectivity index (χ2v) is 7.59. The van der Waals surface area contributed by atoms with Crippen LogP contribution < -0.4 is 5.32 Å². The molecule has 0 bridgehead atoms. The molecule has 4 nitrogen and oxygen atoms in total. The standard InChI is InChI=1S/C22H24ClN3O/c23-19-6-2-4-8-21(19)25-22(27)11-14-26-12-9-16(10-13-26)18-15-24-20-7-3-1-5-17(18)20/h1-8,15-16,24H,9-14H2,(H,25,27). The lowest BCUT2D eigenvalue weighted by Gasteiger charge is -2.31. The quantitative estimate of drug-likeness (QED) is 0.651. The van der Waals surface area contributed by atoms with Crippen molar-refractivity contribution in [3.8, 4) is 0 Å². The van der Waals surface area contributed by atoms with Gasteiger partial charge in [0.05, 0.1) is 10.7 Å². The lowest BCUT2D eigenvalue weighted by Crippen LogP contribution is -2.35. The van der Waals surface area contributed by atoms with Gasteiger partial charge >= 0.3 is 0 Å². The van der Waals surface area contributed by atoms with Gasteiger partial charge in [-0.25, -0.2) is 0 Å². The van der Waals surface area contributed by atoms with Crippen molar-refractivity contribution in [2.24, 2.45) is 0 Å². The van der Waals surface area contributed by atoms with Crippen molar-refractivity contribution in [1.82, 2.24) is 9.88 Å². The zero-order valence-corrected chi connectivity index (χ0v) is 16.0. The molecule has 0 radical (unpaired) electrons. The Morgan fingerprint density at radius 2 is 1.85 bits per heavy atom. The van der Waals surface area contributed by atoms with Gasteiger partial charge in [-0.3, -0.25) is 4.79 Å². The van der Waals surface area contributed by atoms with Gasteiger partial charge in [0.2, 0.25) is 5.91 Å². The lowest BCUT2D eigenvalue weighted by molar-refractivity contribution is -0.116. The Morgan fingerprint density at radius 3 is 2.67 bits per heavy atom. The first-order valence-corrected chi connectivity index (χ1v) is 9.91. The van der Waals surface area contributed by atoms with Gasteiger partial charge in [-0.05, 0) is 55.6 Å². The van der Waals surface area contributed by atoms with Crippen LogP contribution in [0.5, 0.6) is 0 Å². The molecule has 0 unspecified atom stereocenters. The summed E-state index contributed by atoms with van der Waals surface area (Å²) in [5, 5.41) is 4.82. The van der Waals surface area contributed by atoms with Crippen LogP contribution in [0.4, 0.5) is 5.69 Å². The Balaban J connectivity index is 1.27. The Kier molecular flexibility index (Phi) is 5.46. The van der Waals surface area contributed by atoms with Crippen LogP contribution in [0.2, 0.25) is 5.02 Å². The van der Waals surface area contributed by atoms with E-state index in [1.807, 2.05) is 18.2 Å². The van der Waals surface area contributed by atoms with Crippen molar-refractivity contribution in [2.45, 2.75) is 25.2 Å². The van der Waals surface area contributed by atoms with Gasteiger partial charge in [0.1, 0.15) is 0 Å². The first-order valence-electron chi connectivity index (χ1n) is 9.53. The third kappa shape index (κ3) is 4.18. The molecule has 1 aromatic heterocycles. The number of nitrogens with zero attached hydrogens (tertiary/aromatic N) is 1. The molecule has 1 amide bonds. The number of benzene rings is 2. The van der Waals surface area contributed by atoms with Gasteiger partial charge in [-0.15, -0.1) is 0 Å². The maximum Gasteiger partial charge on any atom is 0.225 e. The van der Waals surface area contributed by atoms with Crippen molar-refractivity contribution in [2.75, 3.05) is 25.0 Å². The second kappa shape index (κ2) is 8.15. The fraction of sp³-hybridized carbons (Fsp3) is 0.318. The number of fused-ring (bicyclic) bond motifs is 1. The molecule has 1 fully saturated rings. The number of carbonyl (C=O) groups excluding carboxylic acids is 1. The first-order chi connectivity index (χ1) is 13.2. The van der Waals surface area contributed by atoms with Gasteiger partial charge in [0.15, 0.2) is 0 Å². The van der Waals surface area contributed by atoms with E-state index < -0.39 is 0 Å². The molecule has 4 rings (SSSR count). The number of rotatable bonds is 5. The Labute approximate surface area is 164 Å². The molecule has 1 aliphatic rings. The average molecular weight is 382 g/mol. The minimum Gasteiger partial charge on any atom is -0.361 e. The Bertz CT molecular complexity index is 928. The number of carbonyl (C=O) groups is 1. The second-order valence-electron chi connectivity index (χ2n) is 7.18. The zero-order chi connectivity index (χ0) is 18.6. The van der Waals surface area contributed by atoms with Gasteiger partial charge < -0.3 is 15.2 Å². The summed E-state index contributed by atoms with van der Waals surface area (Å²) in [4.78, 5) is 18.0. The number of likely N-dealkylation sites (tertiary alicyclic amines) is 1. The minimum absolute atomic E-state index is 0.0156. The smallest absolute Gasteiger partial charge is 0.225 e. The molecule has 1 saturated heterocycles. The van der Waals surface area contributed by atoms with Crippen molar-refractivity contribution < 1.29 is 4.79 Å². The number of piperidine rings is 1. The highest BCUT2D eigenvalue weighted by Gasteiger charge is 2.23. The molecule has 0 aliphatic carbocycles. The van der Waals surface area contributed by atoms with Crippen LogP contribution in [0.3, 0.4) is 0 Å². The third-order valence-electron chi connectivity index (χ3n) is 5.45. The number of para-hydroxylation sites is 2. The third-order valence-corrected chi connectivity index (χ3v) is 5.78. The molecular weight excluding hydrogens is 358 g/mol. The fourth-order valence-corrected chi connectivity index (χ4v) is 4.12. The number of nitrogens with one attached hydrogen (secondary N) is 2. The van der Waals surface area contributed by atoms with Crippen LogP contribution in [0, 0.1) is 0 Å². The summed E-state index contributed by atoms with van der Waals surface area (Å²) >= 11 is 6.10. The number of aromatic amines is 1. The molecule has 0 spiro atoms. The molecule has 1 aliphatic heterocycles. The summed E-state index contributed by atoms with van der Waals surface area (Å²) in [7, 11) is 0. The molecule has 5 heteroatoms. The minimum atomic E-state index is 0.0156. The lowest BCUT2D eigenvalue weighted by atomic mass is 9.89. The van der Waals surface area contributed by atoms with Gasteiger partial charge in [-0.2, -0.15) is 0 Å². The number of hydrogen-bond acceptors (Lipinski definition) is 2. The van der Waals surface area contributed by atoms with Gasteiger partial charge in [-0.1, -0.05) is 41.9 Å². The summed E-state index contributed by atoms with van der Waals surface area (Å²) in [5.41, 5.74) is 3.33.